The second-order valence-corrected chi connectivity index (χ2v) is 9.78. The number of hydrogen-bond acceptors (Lipinski definition) is 3. The van der Waals surface area contributed by atoms with Gasteiger partial charge in [0.05, 0.1) is 11.8 Å². The van der Waals surface area contributed by atoms with Gasteiger partial charge in [-0.3, -0.25) is 4.98 Å². The molecule has 4 aliphatic carbocycles. The Balaban J connectivity index is 0.000000872. The van der Waals surface area contributed by atoms with Crippen molar-refractivity contribution in [3.05, 3.63) is 40.7 Å². The molecule has 27 heavy (non-hydrogen) atoms. The molecule has 0 aliphatic heterocycles. The number of aliphatic hydroxyl groups is 1. The second-order valence-electron chi connectivity index (χ2n) is 9.78. The first kappa shape index (κ1) is 19.5. The predicted molar refractivity (Wildman–Crippen MR) is 115 cm³/mol. The van der Waals surface area contributed by atoms with Crippen LogP contribution in [0.4, 0.5) is 0 Å². The molecule has 0 amide bonds. The number of aryl methyl sites for hydroxylation is 1. The van der Waals surface area contributed by atoms with E-state index in [1.165, 1.54) is 49.1 Å². The standard InChI is InChI=1S/C23H31NO.CH4S/c1-14-4-5-15-12-20-18-7-6-16-13-17(25)8-10-22(16,2)19(18)9-11-23(20,3)21(15)24-14;1-2/h4-6,17-20,25H,7-13H2,1-3H3;2H,1H3. The third-order valence-corrected chi connectivity index (χ3v) is 8.57. The van der Waals surface area contributed by atoms with Gasteiger partial charge in [0.25, 0.3) is 0 Å². The number of aromatic nitrogens is 1. The quantitative estimate of drug-likeness (QED) is 0.471. The topological polar surface area (TPSA) is 33.1 Å². The number of allylic oxidation sites excluding steroid dienone is 1. The molecule has 1 N–H and O–H groups in total. The van der Waals surface area contributed by atoms with E-state index in [4.69, 9.17) is 4.98 Å². The molecule has 5 rings (SSSR count). The largest absolute Gasteiger partial charge is 0.393 e. The first-order chi connectivity index (χ1) is 12.9. The summed E-state index contributed by atoms with van der Waals surface area (Å²) in [5, 5.41) is 10.1. The molecule has 0 bridgehead atoms. The number of thiol groups is 1. The summed E-state index contributed by atoms with van der Waals surface area (Å²) in [5.41, 5.74) is 6.27. The van der Waals surface area contributed by atoms with Crippen molar-refractivity contribution in [2.24, 2.45) is 23.2 Å². The number of rotatable bonds is 0. The Labute approximate surface area is 170 Å². The van der Waals surface area contributed by atoms with E-state index in [0.717, 1.165) is 30.6 Å². The lowest BCUT2D eigenvalue weighted by Crippen LogP contribution is -2.51. The highest BCUT2D eigenvalue weighted by Gasteiger charge is 2.57. The first-order valence-electron chi connectivity index (χ1n) is 10.7. The monoisotopic (exact) mass is 385 g/mol. The van der Waals surface area contributed by atoms with Crippen LogP contribution in [-0.4, -0.2) is 22.5 Å². The van der Waals surface area contributed by atoms with Gasteiger partial charge >= 0.3 is 0 Å². The van der Waals surface area contributed by atoms with Crippen molar-refractivity contribution in [2.45, 2.75) is 77.2 Å². The molecule has 6 unspecified atom stereocenters. The van der Waals surface area contributed by atoms with E-state index in [-0.39, 0.29) is 11.5 Å². The summed E-state index contributed by atoms with van der Waals surface area (Å²) in [7, 11) is 0. The molecule has 2 fully saturated rings. The summed E-state index contributed by atoms with van der Waals surface area (Å²) in [6, 6.07) is 4.54. The van der Waals surface area contributed by atoms with Gasteiger partial charge in [0, 0.05) is 11.1 Å². The van der Waals surface area contributed by atoms with Gasteiger partial charge in [-0.1, -0.05) is 31.6 Å². The van der Waals surface area contributed by atoms with Crippen LogP contribution in [0, 0.1) is 30.1 Å². The minimum atomic E-state index is -0.104. The zero-order valence-corrected chi connectivity index (χ0v) is 18.2. The molecule has 148 valence electrons. The van der Waals surface area contributed by atoms with E-state index in [2.05, 4.69) is 51.6 Å². The van der Waals surface area contributed by atoms with Crippen molar-refractivity contribution in [1.82, 2.24) is 4.98 Å². The lowest BCUT2D eigenvalue weighted by atomic mass is 9.48. The Morgan fingerprint density at radius 1 is 1.04 bits per heavy atom. The van der Waals surface area contributed by atoms with Crippen LogP contribution in [0.25, 0.3) is 0 Å². The molecule has 4 aliphatic rings. The zero-order valence-electron chi connectivity index (χ0n) is 17.3. The molecular formula is C24H35NOS. The van der Waals surface area contributed by atoms with Crippen LogP contribution in [0.5, 0.6) is 0 Å². The van der Waals surface area contributed by atoms with E-state index in [0.29, 0.717) is 5.41 Å². The Kier molecular flexibility index (Phi) is 5.00. The van der Waals surface area contributed by atoms with Crippen molar-refractivity contribution < 1.29 is 5.11 Å². The third-order valence-electron chi connectivity index (χ3n) is 8.57. The average Bonchev–Trinajstić information content (AvgIpc) is 2.96. The molecule has 0 aromatic carbocycles. The highest BCUT2D eigenvalue weighted by atomic mass is 32.1. The lowest BCUT2D eigenvalue weighted by molar-refractivity contribution is -0.0170. The Morgan fingerprint density at radius 3 is 2.56 bits per heavy atom. The van der Waals surface area contributed by atoms with Crippen molar-refractivity contribution in [2.75, 3.05) is 6.26 Å². The smallest absolute Gasteiger partial charge is 0.0577 e. The van der Waals surface area contributed by atoms with Crippen molar-refractivity contribution in [3.8, 4) is 0 Å². The van der Waals surface area contributed by atoms with Crippen LogP contribution in [0.1, 0.15) is 69.3 Å². The van der Waals surface area contributed by atoms with Crippen molar-refractivity contribution in [3.63, 3.8) is 0 Å². The van der Waals surface area contributed by atoms with E-state index < -0.39 is 0 Å². The number of aliphatic hydroxyl groups excluding tert-OH is 1. The fourth-order valence-corrected chi connectivity index (χ4v) is 7.11. The normalized spacial score (nSPS) is 41.9. The first-order valence-corrected chi connectivity index (χ1v) is 11.6. The van der Waals surface area contributed by atoms with Crippen LogP contribution in [0.2, 0.25) is 0 Å². The van der Waals surface area contributed by atoms with Crippen LogP contribution in [0.3, 0.4) is 0 Å². The van der Waals surface area contributed by atoms with Crippen molar-refractivity contribution in [1.29, 1.82) is 0 Å². The Hall–Kier alpha value is -0.800. The lowest BCUT2D eigenvalue weighted by Gasteiger charge is -2.57. The summed E-state index contributed by atoms with van der Waals surface area (Å²) < 4.78 is 0. The molecule has 0 spiro atoms. The van der Waals surface area contributed by atoms with Crippen LogP contribution in [0.15, 0.2) is 23.8 Å². The maximum Gasteiger partial charge on any atom is 0.0577 e. The zero-order chi connectivity index (χ0) is 19.4. The SMILES string of the molecule is CS.Cc1ccc2c(n1)C1(C)CCC3C(CC=C4CC(O)CCC43C)C1C2. The van der Waals surface area contributed by atoms with Gasteiger partial charge in [0.2, 0.25) is 0 Å². The molecule has 6 atom stereocenters. The van der Waals surface area contributed by atoms with Crippen LogP contribution >= 0.6 is 12.6 Å². The van der Waals surface area contributed by atoms with Gasteiger partial charge in [-0.2, -0.15) is 12.6 Å². The summed E-state index contributed by atoms with van der Waals surface area (Å²) in [4.78, 5) is 5.01. The number of pyridine rings is 1. The maximum absolute atomic E-state index is 10.1. The molecule has 0 radical (unpaired) electrons. The molecule has 3 heteroatoms. The third kappa shape index (κ3) is 2.83. The molecule has 1 heterocycles. The summed E-state index contributed by atoms with van der Waals surface area (Å²) in [6.07, 6.45) is 12.3. The predicted octanol–water partition coefficient (Wildman–Crippen LogP) is 5.27. The highest BCUT2D eigenvalue weighted by Crippen LogP contribution is 2.63. The van der Waals surface area contributed by atoms with Crippen LogP contribution < -0.4 is 0 Å². The Morgan fingerprint density at radius 2 is 1.78 bits per heavy atom. The van der Waals surface area contributed by atoms with Gasteiger partial charge in [-0.15, -0.1) is 0 Å². The minimum absolute atomic E-state index is 0.104. The second kappa shape index (κ2) is 6.91. The molecule has 0 saturated heterocycles. The minimum Gasteiger partial charge on any atom is -0.393 e. The summed E-state index contributed by atoms with van der Waals surface area (Å²) >= 11 is 3.53. The number of fused-ring (bicyclic) bond motifs is 7. The fourth-order valence-electron chi connectivity index (χ4n) is 7.11. The average molecular weight is 386 g/mol. The van der Waals surface area contributed by atoms with Crippen LogP contribution in [-0.2, 0) is 11.8 Å². The maximum atomic E-state index is 10.1. The van der Waals surface area contributed by atoms with E-state index in [1.54, 1.807) is 11.8 Å². The van der Waals surface area contributed by atoms with Gasteiger partial charge in [-0.05, 0) is 92.9 Å². The van der Waals surface area contributed by atoms with Gasteiger partial charge < -0.3 is 5.11 Å². The highest BCUT2D eigenvalue weighted by molar-refractivity contribution is 7.79. The van der Waals surface area contributed by atoms with Gasteiger partial charge in [-0.25, -0.2) is 0 Å². The molecular weight excluding hydrogens is 350 g/mol. The summed E-state index contributed by atoms with van der Waals surface area (Å²) in [5.74, 6) is 2.34. The number of hydrogen-bond donors (Lipinski definition) is 2. The Bertz CT molecular complexity index is 759. The van der Waals surface area contributed by atoms with Crippen molar-refractivity contribution >= 4 is 12.6 Å². The molecule has 1 aromatic rings. The van der Waals surface area contributed by atoms with Gasteiger partial charge in [0.1, 0.15) is 0 Å². The molecule has 2 saturated carbocycles. The van der Waals surface area contributed by atoms with E-state index in [1.807, 2.05) is 0 Å². The van der Waals surface area contributed by atoms with E-state index >= 15 is 0 Å². The molecule has 1 aromatic heterocycles. The summed E-state index contributed by atoms with van der Waals surface area (Å²) in [6.45, 7) is 7.14. The van der Waals surface area contributed by atoms with E-state index in [9.17, 15) is 5.11 Å². The molecule has 2 nitrogen and oxygen atoms in total. The number of nitrogens with zero attached hydrogens (tertiary/aromatic N) is 1. The van der Waals surface area contributed by atoms with Gasteiger partial charge in [0.15, 0.2) is 0 Å². The fraction of sp³-hybridized carbons (Fsp3) is 0.708.